The van der Waals surface area contributed by atoms with Gasteiger partial charge in [0.15, 0.2) is 0 Å². The molecular formula is C12H12N4. The third kappa shape index (κ3) is 1.45. The molecule has 0 radical (unpaired) electrons. The summed E-state index contributed by atoms with van der Waals surface area (Å²) in [6.07, 6.45) is 3.92. The third-order valence-corrected chi connectivity index (χ3v) is 3.30. The number of fused-ring (bicyclic) bond motifs is 1. The number of nitriles is 1. The van der Waals surface area contributed by atoms with Crippen LogP contribution in [0.15, 0.2) is 18.2 Å². The summed E-state index contributed by atoms with van der Waals surface area (Å²) in [7, 11) is 0. The fourth-order valence-electron chi connectivity index (χ4n) is 2.09. The van der Waals surface area contributed by atoms with Crippen LogP contribution >= 0.6 is 0 Å². The van der Waals surface area contributed by atoms with Crippen LogP contribution in [0, 0.1) is 17.2 Å². The van der Waals surface area contributed by atoms with Crippen LogP contribution in [0.3, 0.4) is 0 Å². The molecule has 0 aliphatic heterocycles. The summed E-state index contributed by atoms with van der Waals surface area (Å²) in [5.74, 6) is 0.746. The molecule has 0 saturated heterocycles. The minimum atomic E-state index is 0.671. The maximum atomic E-state index is 8.86. The highest BCUT2D eigenvalue weighted by molar-refractivity contribution is 5.75. The Balaban J connectivity index is 2.00. The van der Waals surface area contributed by atoms with Gasteiger partial charge in [-0.05, 0) is 37.0 Å². The number of aromatic nitrogens is 3. The van der Waals surface area contributed by atoms with E-state index in [2.05, 4.69) is 16.4 Å². The van der Waals surface area contributed by atoms with E-state index in [9.17, 15) is 0 Å². The van der Waals surface area contributed by atoms with Gasteiger partial charge in [-0.1, -0.05) is 11.6 Å². The quantitative estimate of drug-likeness (QED) is 0.766. The standard InChI is InChI=1S/C12H12N4/c13-7-10-4-5-11-12(6-10)16(15-14-11)8-9-2-1-3-9/h4-6,9H,1-3,8H2. The Morgan fingerprint density at radius 3 is 3.00 bits per heavy atom. The van der Waals surface area contributed by atoms with Gasteiger partial charge in [-0.15, -0.1) is 5.10 Å². The van der Waals surface area contributed by atoms with E-state index >= 15 is 0 Å². The Morgan fingerprint density at radius 2 is 2.31 bits per heavy atom. The van der Waals surface area contributed by atoms with Gasteiger partial charge in [0.2, 0.25) is 0 Å². The second-order valence-electron chi connectivity index (χ2n) is 4.38. The first-order valence-corrected chi connectivity index (χ1v) is 5.60. The summed E-state index contributed by atoms with van der Waals surface area (Å²) in [6.45, 7) is 0.936. The van der Waals surface area contributed by atoms with Gasteiger partial charge in [-0.3, -0.25) is 0 Å². The number of nitrogens with zero attached hydrogens (tertiary/aromatic N) is 4. The predicted octanol–water partition coefficient (Wildman–Crippen LogP) is 2.10. The molecule has 0 N–H and O–H groups in total. The minimum absolute atomic E-state index is 0.671. The SMILES string of the molecule is N#Cc1ccc2nnn(CC3CCC3)c2c1. The van der Waals surface area contributed by atoms with Crippen LogP contribution in [0.5, 0.6) is 0 Å². The monoisotopic (exact) mass is 212 g/mol. The molecule has 2 aromatic rings. The molecule has 0 spiro atoms. The molecule has 1 aromatic carbocycles. The average molecular weight is 212 g/mol. The van der Waals surface area contributed by atoms with Crippen molar-refractivity contribution >= 4 is 11.0 Å². The summed E-state index contributed by atoms with van der Waals surface area (Å²) >= 11 is 0. The van der Waals surface area contributed by atoms with Crippen LogP contribution in [-0.4, -0.2) is 15.0 Å². The van der Waals surface area contributed by atoms with Crippen LogP contribution in [0.4, 0.5) is 0 Å². The van der Waals surface area contributed by atoms with Crippen molar-refractivity contribution in [3.05, 3.63) is 23.8 Å². The van der Waals surface area contributed by atoms with E-state index in [4.69, 9.17) is 5.26 Å². The van der Waals surface area contributed by atoms with Gasteiger partial charge in [0.05, 0.1) is 17.1 Å². The zero-order valence-corrected chi connectivity index (χ0v) is 8.93. The van der Waals surface area contributed by atoms with E-state index in [0.29, 0.717) is 5.56 Å². The number of benzene rings is 1. The van der Waals surface area contributed by atoms with Gasteiger partial charge in [-0.25, -0.2) is 4.68 Å². The van der Waals surface area contributed by atoms with Crippen LogP contribution in [0.1, 0.15) is 24.8 Å². The van der Waals surface area contributed by atoms with Crippen molar-refractivity contribution in [1.82, 2.24) is 15.0 Å². The molecule has 0 atom stereocenters. The molecule has 4 heteroatoms. The van der Waals surface area contributed by atoms with Crippen molar-refractivity contribution in [2.45, 2.75) is 25.8 Å². The van der Waals surface area contributed by atoms with E-state index in [-0.39, 0.29) is 0 Å². The maximum Gasteiger partial charge on any atom is 0.113 e. The van der Waals surface area contributed by atoms with Gasteiger partial charge >= 0.3 is 0 Å². The molecule has 16 heavy (non-hydrogen) atoms. The van der Waals surface area contributed by atoms with Crippen molar-refractivity contribution in [2.75, 3.05) is 0 Å². The lowest BCUT2D eigenvalue weighted by molar-refractivity contribution is 0.268. The second kappa shape index (κ2) is 3.60. The lowest BCUT2D eigenvalue weighted by Gasteiger charge is -2.24. The lowest BCUT2D eigenvalue weighted by Crippen LogP contribution is -2.18. The normalized spacial score (nSPS) is 15.9. The van der Waals surface area contributed by atoms with E-state index in [1.165, 1.54) is 19.3 Å². The molecular weight excluding hydrogens is 200 g/mol. The number of rotatable bonds is 2. The van der Waals surface area contributed by atoms with Crippen molar-refractivity contribution in [3.8, 4) is 6.07 Å². The zero-order chi connectivity index (χ0) is 11.0. The van der Waals surface area contributed by atoms with Gasteiger partial charge in [-0.2, -0.15) is 5.26 Å². The number of hydrogen-bond donors (Lipinski definition) is 0. The van der Waals surface area contributed by atoms with E-state index in [1.54, 1.807) is 6.07 Å². The first kappa shape index (κ1) is 9.34. The largest absolute Gasteiger partial charge is 0.244 e. The fourth-order valence-corrected chi connectivity index (χ4v) is 2.09. The fraction of sp³-hybridized carbons (Fsp3) is 0.417. The molecule has 4 nitrogen and oxygen atoms in total. The van der Waals surface area contributed by atoms with E-state index in [1.807, 2.05) is 16.8 Å². The van der Waals surface area contributed by atoms with Crippen LogP contribution in [0.2, 0.25) is 0 Å². The highest BCUT2D eigenvalue weighted by Gasteiger charge is 2.19. The maximum absolute atomic E-state index is 8.86. The number of hydrogen-bond acceptors (Lipinski definition) is 3. The summed E-state index contributed by atoms with van der Waals surface area (Å²) in [5, 5.41) is 17.1. The summed E-state index contributed by atoms with van der Waals surface area (Å²) in [6, 6.07) is 7.66. The smallest absolute Gasteiger partial charge is 0.113 e. The Kier molecular flexibility index (Phi) is 2.10. The molecule has 1 aromatic heterocycles. The molecule has 0 unspecified atom stereocenters. The predicted molar refractivity (Wildman–Crippen MR) is 59.6 cm³/mol. The Bertz CT molecular complexity index is 560. The topological polar surface area (TPSA) is 54.5 Å². The molecule has 1 aliphatic carbocycles. The molecule has 0 amide bonds. The molecule has 80 valence electrons. The third-order valence-electron chi connectivity index (χ3n) is 3.30. The Hall–Kier alpha value is -1.89. The average Bonchev–Trinajstić information content (AvgIpc) is 2.65. The molecule has 3 rings (SSSR count). The van der Waals surface area contributed by atoms with Gasteiger partial charge in [0, 0.05) is 6.54 Å². The lowest BCUT2D eigenvalue weighted by atomic mass is 9.85. The summed E-state index contributed by atoms with van der Waals surface area (Å²) in [4.78, 5) is 0. The van der Waals surface area contributed by atoms with Crippen LogP contribution in [-0.2, 0) is 6.54 Å². The van der Waals surface area contributed by atoms with Crippen LogP contribution in [0.25, 0.3) is 11.0 Å². The van der Waals surface area contributed by atoms with Crippen molar-refractivity contribution < 1.29 is 0 Å². The highest BCUT2D eigenvalue weighted by Crippen LogP contribution is 2.28. The van der Waals surface area contributed by atoms with Crippen molar-refractivity contribution in [2.24, 2.45) is 5.92 Å². The van der Waals surface area contributed by atoms with E-state index < -0.39 is 0 Å². The summed E-state index contributed by atoms with van der Waals surface area (Å²) in [5.41, 5.74) is 2.52. The van der Waals surface area contributed by atoms with Crippen molar-refractivity contribution in [3.63, 3.8) is 0 Å². The summed E-state index contributed by atoms with van der Waals surface area (Å²) < 4.78 is 1.93. The minimum Gasteiger partial charge on any atom is -0.244 e. The molecule has 1 heterocycles. The molecule has 1 aliphatic rings. The highest BCUT2D eigenvalue weighted by atomic mass is 15.4. The van der Waals surface area contributed by atoms with Crippen molar-refractivity contribution in [1.29, 1.82) is 5.26 Å². The van der Waals surface area contributed by atoms with Gasteiger partial charge in [0.1, 0.15) is 5.52 Å². The Labute approximate surface area is 93.5 Å². The zero-order valence-electron chi connectivity index (χ0n) is 8.93. The first-order valence-electron chi connectivity index (χ1n) is 5.60. The van der Waals surface area contributed by atoms with Gasteiger partial charge in [0.25, 0.3) is 0 Å². The first-order chi connectivity index (χ1) is 7.86. The Morgan fingerprint density at radius 1 is 1.44 bits per heavy atom. The second-order valence-corrected chi connectivity index (χ2v) is 4.38. The molecule has 1 saturated carbocycles. The van der Waals surface area contributed by atoms with Gasteiger partial charge < -0.3 is 0 Å². The van der Waals surface area contributed by atoms with Crippen LogP contribution < -0.4 is 0 Å². The van der Waals surface area contributed by atoms with E-state index in [0.717, 1.165) is 23.5 Å². The molecule has 1 fully saturated rings. The molecule has 0 bridgehead atoms.